The van der Waals surface area contributed by atoms with E-state index >= 15 is 0 Å². The first-order chi connectivity index (χ1) is 7.34. The minimum atomic E-state index is -0.00121. The van der Waals surface area contributed by atoms with Gasteiger partial charge >= 0.3 is 5.97 Å². The second kappa shape index (κ2) is 7.69. The van der Waals surface area contributed by atoms with Crippen LogP contribution in [0.15, 0.2) is 0 Å². The average Bonchev–Trinajstić information content (AvgIpc) is 2.30. The van der Waals surface area contributed by atoms with Crippen LogP contribution in [-0.4, -0.2) is 25.7 Å². The molecule has 1 fully saturated rings. The first-order valence-corrected chi connectivity index (χ1v) is 6.22. The highest BCUT2D eigenvalue weighted by Gasteiger charge is 2.21. The van der Waals surface area contributed by atoms with E-state index in [9.17, 15) is 4.79 Å². The maximum atomic E-state index is 11.6. The van der Waals surface area contributed by atoms with Crippen LogP contribution in [0.1, 0.15) is 45.4 Å². The van der Waals surface area contributed by atoms with Crippen molar-refractivity contribution < 1.29 is 9.53 Å². The molecule has 1 unspecified atom stereocenters. The molecular weight excluding hydrogens is 190 g/mol. The molecule has 1 heterocycles. The number of rotatable bonds is 6. The molecule has 1 saturated heterocycles. The van der Waals surface area contributed by atoms with E-state index in [0.717, 1.165) is 32.4 Å². The molecule has 0 saturated carbocycles. The van der Waals surface area contributed by atoms with Crippen molar-refractivity contribution in [3.63, 3.8) is 0 Å². The highest BCUT2D eigenvalue weighted by Crippen LogP contribution is 2.12. The molecule has 3 heteroatoms. The molecule has 1 N–H and O–H groups in total. The Morgan fingerprint density at radius 2 is 2.27 bits per heavy atom. The second-order valence-corrected chi connectivity index (χ2v) is 4.27. The zero-order valence-electron chi connectivity index (χ0n) is 9.76. The van der Waals surface area contributed by atoms with Crippen LogP contribution in [0.5, 0.6) is 0 Å². The van der Waals surface area contributed by atoms with Crippen LogP contribution in [0.4, 0.5) is 0 Å². The molecule has 0 radical (unpaired) electrons. The van der Waals surface area contributed by atoms with Gasteiger partial charge in [-0.3, -0.25) is 4.79 Å². The van der Waals surface area contributed by atoms with E-state index < -0.39 is 0 Å². The molecular formula is C12H23NO2. The van der Waals surface area contributed by atoms with Gasteiger partial charge in [-0.1, -0.05) is 26.2 Å². The maximum Gasteiger partial charge on any atom is 0.310 e. The lowest BCUT2D eigenvalue weighted by atomic mass is 10.0. The third-order valence-electron chi connectivity index (χ3n) is 2.87. The van der Waals surface area contributed by atoms with Crippen LogP contribution in [0, 0.1) is 5.92 Å². The predicted octanol–water partition coefficient (Wildman–Crippen LogP) is 2.11. The molecule has 0 bridgehead atoms. The highest BCUT2D eigenvalue weighted by atomic mass is 16.5. The highest BCUT2D eigenvalue weighted by molar-refractivity contribution is 5.72. The summed E-state index contributed by atoms with van der Waals surface area (Å²) < 4.78 is 5.25. The van der Waals surface area contributed by atoms with Crippen molar-refractivity contribution in [2.24, 2.45) is 5.92 Å². The van der Waals surface area contributed by atoms with E-state index in [1.54, 1.807) is 0 Å². The van der Waals surface area contributed by atoms with Crippen molar-refractivity contribution in [1.82, 2.24) is 5.32 Å². The van der Waals surface area contributed by atoms with Gasteiger partial charge in [0.05, 0.1) is 12.5 Å². The second-order valence-electron chi connectivity index (χ2n) is 4.27. The van der Waals surface area contributed by atoms with Gasteiger partial charge in [0, 0.05) is 6.54 Å². The number of esters is 1. The summed E-state index contributed by atoms with van der Waals surface area (Å²) in [4.78, 5) is 11.6. The lowest BCUT2D eigenvalue weighted by molar-refractivity contribution is -0.149. The monoisotopic (exact) mass is 213 g/mol. The summed E-state index contributed by atoms with van der Waals surface area (Å²) in [5, 5.41) is 3.23. The van der Waals surface area contributed by atoms with Gasteiger partial charge < -0.3 is 10.1 Å². The fourth-order valence-electron chi connectivity index (χ4n) is 1.87. The number of ether oxygens (including phenoxy) is 1. The molecule has 1 atom stereocenters. The normalized spacial score (nSPS) is 21.3. The van der Waals surface area contributed by atoms with Gasteiger partial charge in [-0.25, -0.2) is 0 Å². The Labute approximate surface area is 92.6 Å². The number of piperidine rings is 1. The van der Waals surface area contributed by atoms with Crippen LogP contribution in [0.3, 0.4) is 0 Å². The summed E-state index contributed by atoms with van der Waals surface area (Å²) in [7, 11) is 0. The standard InChI is InChI=1S/C12H23NO2/c1-2-3-4-5-9-15-12(14)11-7-6-8-13-10-11/h11,13H,2-10H2,1H3. The maximum absolute atomic E-state index is 11.6. The smallest absolute Gasteiger partial charge is 0.310 e. The summed E-state index contributed by atoms with van der Waals surface area (Å²) in [5.74, 6) is 0.101. The minimum Gasteiger partial charge on any atom is -0.465 e. The molecule has 15 heavy (non-hydrogen) atoms. The van der Waals surface area contributed by atoms with Crippen LogP contribution < -0.4 is 5.32 Å². The van der Waals surface area contributed by atoms with Gasteiger partial charge in [-0.05, 0) is 25.8 Å². The van der Waals surface area contributed by atoms with E-state index in [-0.39, 0.29) is 11.9 Å². The molecule has 88 valence electrons. The molecule has 0 aromatic carbocycles. The molecule has 0 aromatic rings. The van der Waals surface area contributed by atoms with Crippen molar-refractivity contribution in [3.05, 3.63) is 0 Å². The quantitative estimate of drug-likeness (QED) is 0.542. The lowest BCUT2D eigenvalue weighted by Gasteiger charge is -2.21. The average molecular weight is 213 g/mol. The Bertz CT molecular complexity index is 176. The minimum absolute atomic E-state index is 0.00121. The van der Waals surface area contributed by atoms with Crippen molar-refractivity contribution in [3.8, 4) is 0 Å². The van der Waals surface area contributed by atoms with E-state index in [1.807, 2.05) is 0 Å². The first kappa shape index (κ1) is 12.5. The number of carbonyl (C=O) groups excluding carboxylic acids is 1. The first-order valence-electron chi connectivity index (χ1n) is 6.22. The predicted molar refractivity (Wildman–Crippen MR) is 60.7 cm³/mol. The molecule has 1 rings (SSSR count). The van der Waals surface area contributed by atoms with Gasteiger partial charge in [-0.2, -0.15) is 0 Å². The molecule has 0 aliphatic carbocycles. The summed E-state index contributed by atoms with van der Waals surface area (Å²) in [6.45, 7) is 4.63. The summed E-state index contributed by atoms with van der Waals surface area (Å²) in [5.41, 5.74) is 0. The van der Waals surface area contributed by atoms with Crippen molar-refractivity contribution >= 4 is 5.97 Å². The van der Waals surface area contributed by atoms with Crippen LogP contribution >= 0.6 is 0 Å². The Hall–Kier alpha value is -0.570. The molecule has 0 amide bonds. The number of hydrogen-bond acceptors (Lipinski definition) is 3. The molecule has 0 spiro atoms. The Morgan fingerprint density at radius 1 is 1.40 bits per heavy atom. The number of hydrogen-bond donors (Lipinski definition) is 1. The third kappa shape index (κ3) is 5.17. The van der Waals surface area contributed by atoms with Crippen molar-refractivity contribution in [2.75, 3.05) is 19.7 Å². The number of carbonyl (C=O) groups is 1. The topological polar surface area (TPSA) is 38.3 Å². The summed E-state index contributed by atoms with van der Waals surface area (Å²) in [6, 6.07) is 0. The zero-order chi connectivity index (χ0) is 10.9. The van der Waals surface area contributed by atoms with Gasteiger partial charge in [0.15, 0.2) is 0 Å². The van der Waals surface area contributed by atoms with Gasteiger partial charge in [-0.15, -0.1) is 0 Å². The summed E-state index contributed by atoms with van der Waals surface area (Å²) >= 11 is 0. The molecule has 1 aliphatic rings. The lowest BCUT2D eigenvalue weighted by Crippen LogP contribution is -2.35. The van der Waals surface area contributed by atoms with Crippen LogP contribution in [0.2, 0.25) is 0 Å². The van der Waals surface area contributed by atoms with Gasteiger partial charge in [0.25, 0.3) is 0 Å². The summed E-state index contributed by atoms with van der Waals surface area (Å²) in [6.07, 6.45) is 6.73. The van der Waals surface area contributed by atoms with E-state index in [0.29, 0.717) is 6.61 Å². The molecule has 3 nitrogen and oxygen atoms in total. The van der Waals surface area contributed by atoms with Crippen molar-refractivity contribution in [1.29, 1.82) is 0 Å². The van der Waals surface area contributed by atoms with Gasteiger partial charge in [0.2, 0.25) is 0 Å². The van der Waals surface area contributed by atoms with Crippen molar-refractivity contribution in [2.45, 2.75) is 45.4 Å². The fourth-order valence-corrected chi connectivity index (χ4v) is 1.87. The Kier molecular flexibility index (Phi) is 6.41. The fraction of sp³-hybridized carbons (Fsp3) is 0.917. The Morgan fingerprint density at radius 3 is 2.93 bits per heavy atom. The largest absolute Gasteiger partial charge is 0.465 e. The molecule has 0 aromatic heterocycles. The molecule has 1 aliphatic heterocycles. The Balaban J connectivity index is 2.02. The van der Waals surface area contributed by atoms with E-state index in [4.69, 9.17) is 4.74 Å². The van der Waals surface area contributed by atoms with E-state index in [1.165, 1.54) is 19.3 Å². The number of nitrogens with one attached hydrogen (secondary N) is 1. The van der Waals surface area contributed by atoms with Crippen LogP contribution in [0.25, 0.3) is 0 Å². The van der Waals surface area contributed by atoms with E-state index in [2.05, 4.69) is 12.2 Å². The zero-order valence-corrected chi connectivity index (χ0v) is 9.76. The number of unbranched alkanes of at least 4 members (excludes halogenated alkanes) is 3. The van der Waals surface area contributed by atoms with Gasteiger partial charge in [0.1, 0.15) is 0 Å². The van der Waals surface area contributed by atoms with Crippen LogP contribution in [-0.2, 0) is 9.53 Å². The third-order valence-corrected chi connectivity index (χ3v) is 2.87. The SMILES string of the molecule is CCCCCCOC(=O)C1CCCNC1.